The molecular weight excluding hydrogens is 537 g/mol. The van der Waals surface area contributed by atoms with E-state index < -0.39 is 18.2 Å². The van der Waals surface area contributed by atoms with E-state index in [9.17, 15) is 18.0 Å². The van der Waals surface area contributed by atoms with Crippen LogP contribution in [-0.2, 0) is 27.3 Å². The molecule has 0 N–H and O–H groups in total. The predicted octanol–water partition coefficient (Wildman–Crippen LogP) is 7.76. The van der Waals surface area contributed by atoms with Crippen molar-refractivity contribution in [3.63, 3.8) is 0 Å². The highest BCUT2D eigenvalue weighted by Gasteiger charge is 2.31. The molecule has 3 aromatic rings. The lowest BCUT2D eigenvalue weighted by Crippen LogP contribution is -2.21. The topological polar surface area (TPSA) is 44.8 Å². The molecule has 8 heteroatoms. The van der Waals surface area contributed by atoms with Crippen LogP contribution in [0.3, 0.4) is 0 Å². The monoisotopic (exact) mass is 564 g/mol. The van der Waals surface area contributed by atoms with Crippen LogP contribution in [0.25, 0.3) is 0 Å². The molecule has 0 saturated carbocycles. The summed E-state index contributed by atoms with van der Waals surface area (Å²) in [6.45, 7) is 3.81. The zero-order valence-electron chi connectivity index (χ0n) is 20.2. The van der Waals surface area contributed by atoms with Crippen LogP contribution >= 0.6 is 15.9 Å². The Balaban J connectivity index is 1.60. The third kappa shape index (κ3) is 8.10. The van der Waals surface area contributed by atoms with E-state index in [0.717, 1.165) is 21.2 Å². The Bertz CT molecular complexity index is 1130. The maximum absolute atomic E-state index is 12.9. The van der Waals surface area contributed by atoms with Gasteiger partial charge in [0.05, 0.1) is 12.0 Å². The standard InChI is InChI=1S/C28H28BrF3O4/c1-18(2)26(21-11-13-24(14-12-21)36-28(30,31)32)27(33)35-17-20-9-7-19(8-10-20)15-25(34-3)22-5-4-6-23(29)16-22/h4-14,16,18,25-26H,15,17H2,1-3H3. The van der Waals surface area contributed by atoms with Gasteiger partial charge in [0, 0.05) is 18.0 Å². The van der Waals surface area contributed by atoms with Crippen molar-refractivity contribution in [2.24, 2.45) is 5.92 Å². The van der Waals surface area contributed by atoms with Crippen molar-refractivity contribution in [1.29, 1.82) is 0 Å². The van der Waals surface area contributed by atoms with Gasteiger partial charge in [0.1, 0.15) is 12.4 Å². The van der Waals surface area contributed by atoms with E-state index in [1.807, 2.05) is 62.4 Å². The molecule has 0 aliphatic rings. The number of alkyl halides is 3. The van der Waals surface area contributed by atoms with E-state index in [0.29, 0.717) is 12.0 Å². The number of methoxy groups -OCH3 is 1. The van der Waals surface area contributed by atoms with Crippen LogP contribution in [0.1, 0.15) is 48.1 Å². The van der Waals surface area contributed by atoms with E-state index in [1.165, 1.54) is 24.3 Å². The Morgan fingerprint density at radius 1 is 0.917 bits per heavy atom. The normalized spacial score (nSPS) is 13.3. The van der Waals surface area contributed by atoms with Crippen molar-refractivity contribution in [3.05, 3.63) is 99.5 Å². The first kappa shape index (κ1) is 27.7. The second-order valence-electron chi connectivity index (χ2n) is 8.75. The lowest BCUT2D eigenvalue weighted by Gasteiger charge is -2.20. The summed E-state index contributed by atoms with van der Waals surface area (Å²) in [5.41, 5.74) is 3.55. The van der Waals surface area contributed by atoms with Crippen LogP contribution in [0, 0.1) is 5.92 Å². The van der Waals surface area contributed by atoms with Crippen molar-refractivity contribution in [1.82, 2.24) is 0 Å². The summed E-state index contributed by atoms with van der Waals surface area (Å²) in [6.07, 6.45) is -4.17. The van der Waals surface area contributed by atoms with Crippen LogP contribution in [0.2, 0.25) is 0 Å². The predicted molar refractivity (Wildman–Crippen MR) is 135 cm³/mol. The van der Waals surface area contributed by atoms with Gasteiger partial charge in [0.15, 0.2) is 0 Å². The summed E-state index contributed by atoms with van der Waals surface area (Å²) < 4.78 is 53.4. The van der Waals surface area contributed by atoms with Gasteiger partial charge >= 0.3 is 12.3 Å². The number of ether oxygens (including phenoxy) is 3. The molecule has 2 unspecified atom stereocenters. The summed E-state index contributed by atoms with van der Waals surface area (Å²) in [6, 6.07) is 21.1. The number of esters is 1. The molecule has 0 spiro atoms. The van der Waals surface area contributed by atoms with Gasteiger partial charge in [-0.25, -0.2) is 0 Å². The molecule has 0 bridgehead atoms. The maximum Gasteiger partial charge on any atom is 0.573 e. The quantitative estimate of drug-likeness (QED) is 0.236. The number of hydrogen-bond donors (Lipinski definition) is 0. The number of halogens is 4. The van der Waals surface area contributed by atoms with E-state index in [4.69, 9.17) is 9.47 Å². The zero-order valence-corrected chi connectivity index (χ0v) is 21.8. The Hall–Kier alpha value is -2.84. The number of rotatable bonds is 10. The van der Waals surface area contributed by atoms with Crippen molar-refractivity contribution in [2.45, 2.75) is 45.3 Å². The highest BCUT2D eigenvalue weighted by Crippen LogP contribution is 2.30. The van der Waals surface area contributed by atoms with Crippen LogP contribution in [0.5, 0.6) is 5.75 Å². The Morgan fingerprint density at radius 3 is 2.11 bits per heavy atom. The summed E-state index contributed by atoms with van der Waals surface area (Å²) in [4.78, 5) is 12.9. The maximum atomic E-state index is 12.9. The summed E-state index contributed by atoms with van der Waals surface area (Å²) in [5, 5.41) is 0. The molecule has 0 heterocycles. The van der Waals surface area contributed by atoms with Gasteiger partial charge in [-0.3, -0.25) is 4.79 Å². The molecule has 0 aliphatic carbocycles. The van der Waals surface area contributed by atoms with Crippen LogP contribution in [-0.4, -0.2) is 19.4 Å². The van der Waals surface area contributed by atoms with Crippen molar-refractivity contribution in [2.75, 3.05) is 7.11 Å². The lowest BCUT2D eigenvalue weighted by molar-refractivity contribution is -0.274. The fraction of sp³-hybridized carbons (Fsp3) is 0.321. The molecule has 3 rings (SSSR count). The molecule has 2 atom stereocenters. The average Bonchev–Trinajstić information content (AvgIpc) is 2.82. The first-order valence-corrected chi connectivity index (χ1v) is 12.2. The van der Waals surface area contributed by atoms with Gasteiger partial charge in [-0.1, -0.05) is 78.3 Å². The van der Waals surface area contributed by atoms with E-state index in [1.54, 1.807) is 7.11 Å². The molecule has 0 fully saturated rings. The molecule has 0 radical (unpaired) electrons. The van der Waals surface area contributed by atoms with Gasteiger partial charge in [-0.2, -0.15) is 0 Å². The van der Waals surface area contributed by atoms with Crippen LogP contribution in [0.4, 0.5) is 13.2 Å². The Morgan fingerprint density at radius 2 is 1.56 bits per heavy atom. The minimum absolute atomic E-state index is 0.0918. The molecule has 3 aromatic carbocycles. The highest BCUT2D eigenvalue weighted by atomic mass is 79.9. The number of carbonyl (C=O) groups is 1. The number of carbonyl (C=O) groups excluding carboxylic acids is 1. The number of benzene rings is 3. The van der Waals surface area contributed by atoms with E-state index >= 15 is 0 Å². The molecule has 0 amide bonds. The second-order valence-corrected chi connectivity index (χ2v) is 9.66. The lowest BCUT2D eigenvalue weighted by atomic mass is 9.88. The Labute approximate surface area is 217 Å². The second kappa shape index (κ2) is 12.4. The van der Waals surface area contributed by atoms with E-state index in [2.05, 4.69) is 20.7 Å². The van der Waals surface area contributed by atoms with Gasteiger partial charge in [-0.05, 0) is 52.4 Å². The van der Waals surface area contributed by atoms with Crippen molar-refractivity contribution in [3.8, 4) is 5.75 Å². The molecular formula is C28H28BrF3O4. The van der Waals surface area contributed by atoms with Gasteiger partial charge in [0.25, 0.3) is 0 Å². The van der Waals surface area contributed by atoms with Crippen LogP contribution < -0.4 is 4.74 Å². The first-order valence-electron chi connectivity index (χ1n) is 11.4. The van der Waals surface area contributed by atoms with Crippen molar-refractivity contribution < 1.29 is 32.2 Å². The summed E-state index contributed by atoms with van der Waals surface area (Å²) in [5.74, 6) is -1.50. The Kier molecular flexibility index (Phi) is 9.56. The SMILES string of the molecule is COC(Cc1ccc(COC(=O)C(c2ccc(OC(F)(F)F)cc2)C(C)C)cc1)c1cccc(Br)c1. The van der Waals surface area contributed by atoms with Gasteiger partial charge in [0.2, 0.25) is 0 Å². The molecule has 0 saturated heterocycles. The molecule has 36 heavy (non-hydrogen) atoms. The summed E-state index contributed by atoms with van der Waals surface area (Å²) in [7, 11) is 1.68. The van der Waals surface area contributed by atoms with Gasteiger partial charge in [-0.15, -0.1) is 13.2 Å². The third-order valence-electron chi connectivity index (χ3n) is 5.72. The van der Waals surface area contributed by atoms with Crippen LogP contribution in [0.15, 0.2) is 77.3 Å². The number of hydrogen-bond acceptors (Lipinski definition) is 4. The first-order chi connectivity index (χ1) is 17.1. The fourth-order valence-electron chi connectivity index (χ4n) is 3.94. The van der Waals surface area contributed by atoms with Gasteiger partial charge < -0.3 is 14.2 Å². The molecule has 192 valence electrons. The highest BCUT2D eigenvalue weighted by molar-refractivity contribution is 9.10. The minimum Gasteiger partial charge on any atom is -0.460 e. The third-order valence-corrected chi connectivity index (χ3v) is 6.22. The molecule has 0 aliphatic heterocycles. The summed E-state index contributed by atoms with van der Waals surface area (Å²) >= 11 is 3.49. The smallest absolute Gasteiger partial charge is 0.460 e. The largest absolute Gasteiger partial charge is 0.573 e. The van der Waals surface area contributed by atoms with E-state index in [-0.39, 0.29) is 24.4 Å². The molecule has 4 nitrogen and oxygen atoms in total. The fourth-order valence-corrected chi connectivity index (χ4v) is 4.36. The van der Waals surface area contributed by atoms with Crippen molar-refractivity contribution >= 4 is 21.9 Å². The molecule has 0 aromatic heterocycles. The average molecular weight is 565 g/mol. The zero-order chi connectivity index (χ0) is 26.3. The minimum atomic E-state index is -4.77.